The molecule has 2 aromatic rings. The van der Waals surface area contributed by atoms with Crippen LogP contribution in [0.25, 0.3) is 0 Å². The monoisotopic (exact) mass is 257 g/mol. The minimum absolute atomic E-state index is 0.314. The maximum atomic E-state index is 5.66. The standard InChI is InChI=1S/C14H15N3O2/c1-2-12-13(19-8-7-18-12)9-10(1)11-3-4-15-14-16-5-6-17(11)14/h1-2,5-6,9,11H,3-4,7-8H2,(H,15,16). The fourth-order valence-electron chi connectivity index (χ4n) is 2.76. The molecule has 1 unspecified atom stereocenters. The molecule has 0 fully saturated rings. The molecule has 1 aromatic heterocycles. The van der Waals surface area contributed by atoms with Crippen LogP contribution in [0.15, 0.2) is 30.6 Å². The summed E-state index contributed by atoms with van der Waals surface area (Å²) in [5.41, 5.74) is 1.24. The average molecular weight is 257 g/mol. The van der Waals surface area contributed by atoms with Gasteiger partial charge in [0, 0.05) is 18.9 Å². The van der Waals surface area contributed by atoms with Gasteiger partial charge in [-0.15, -0.1) is 0 Å². The highest BCUT2D eigenvalue weighted by Crippen LogP contribution is 2.36. The number of anilines is 1. The highest BCUT2D eigenvalue weighted by molar-refractivity contribution is 5.46. The molecule has 2 aliphatic rings. The molecule has 1 aromatic carbocycles. The van der Waals surface area contributed by atoms with Crippen molar-refractivity contribution >= 4 is 5.95 Å². The van der Waals surface area contributed by atoms with Gasteiger partial charge in [0.2, 0.25) is 5.95 Å². The van der Waals surface area contributed by atoms with Crippen LogP contribution in [-0.4, -0.2) is 29.3 Å². The van der Waals surface area contributed by atoms with Crippen molar-refractivity contribution in [3.05, 3.63) is 36.2 Å². The lowest BCUT2D eigenvalue weighted by Crippen LogP contribution is -2.23. The largest absolute Gasteiger partial charge is 0.486 e. The average Bonchev–Trinajstić information content (AvgIpc) is 2.95. The molecule has 0 amide bonds. The van der Waals surface area contributed by atoms with Crippen LogP contribution in [0, 0.1) is 0 Å². The van der Waals surface area contributed by atoms with Gasteiger partial charge in [-0.3, -0.25) is 0 Å². The van der Waals surface area contributed by atoms with Crippen molar-refractivity contribution in [3.8, 4) is 11.5 Å². The third-order valence-electron chi connectivity index (χ3n) is 3.66. The summed E-state index contributed by atoms with van der Waals surface area (Å²) >= 11 is 0. The Labute approximate surface area is 111 Å². The molecule has 0 bridgehead atoms. The number of nitrogens with zero attached hydrogens (tertiary/aromatic N) is 2. The zero-order valence-electron chi connectivity index (χ0n) is 10.5. The van der Waals surface area contributed by atoms with Gasteiger partial charge in [-0.1, -0.05) is 6.07 Å². The zero-order chi connectivity index (χ0) is 12.7. The quantitative estimate of drug-likeness (QED) is 0.849. The number of imidazole rings is 1. The molecule has 4 rings (SSSR count). The van der Waals surface area contributed by atoms with Gasteiger partial charge in [-0.25, -0.2) is 4.98 Å². The van der Waals surface area contributed by atoms with E-state index in [1.165, 1.54) is 5.56 Å². The first-order chi connectivity index (χ1) is 9.42. The van der Waals surface area contributed by atoms with Crippen LogP contribution in [0.5, 0.6) is 11.5 Å². The summed E-state index contributed by atoms with van der Waals surface area (Å²) in [7, 11) is 0. The summed E-state index contributed by atoms with van der Waals surface area (Å²) in [5.74, 6) is 2.63. The summed E-state index contributed by atoms with van der Waals surface area (Å²) in [6, 6.07) is 6.53. The Hall–Kier alpha value is -2.17. The van der Waals surface area contributed by atoms with Crippen molar-refractivity contribution in [3.63, 3.8) is 0 Å². The smallest absolute Gasteiger partial charge is 0.203 e. The molecule has 5 heteroatoms. The van der Waals surface area contributed by atoms with Gasteiger partial charge in [0.1, 0.15) is 13.2 Å². The van der Waals surface area contributed by atoms with Crippen LogP contribution in [0.2, 0.25) is 0 Å². The first-order valence-corrected chi connectivity index (χ1v) is 6.58. The molecule has 1 N–H and O–H groups in total. The number of fused-ring (bicyclic) bond motifs is 2. The predicted octanol–water partition coefficient (Wildman–Crippen LogP) is 2.06. The molecule has 19 heavy (non-hydrogen) atoms. The van der Waals surface area contributed by atoms with Crippen molar-refractivity contribution in [2.45, 2.75) is 12.5 Å². The minimum atomic E-state index is 0.314. The minimum Gasteiger partial charge on any atom is -0.486 e. The Morgan fingerprint density at radius 2 is 2.11 bits per heavy atom. The van der Waals surface area contributed by atoms with Crippen molar-refractivity contribution in [1.29, 1.82) is 0 Å². The molecule has 98 valence electrons. The van der Waals surface area contributed by atoms with E-state index >= 15 is 0 Å². The molecule has 2 aliphatic heterocycles. The van der Waals surface area contributed by atoms with Gasteiger partial charge in [0.25, 0.3) is 0 Å². The van der Waals surface area contributed by atoms with E-state index in [9.17, 15) is 0 Å². The van der Waals surface area contributed by atoms with Crippen LogP contribution >= 0.6 is 0 Å². The van der Waals surface area contributed by atoms with Gasteiger partial charge in [-0.2, -0.15) is 0 Å². The first kappa shape index (κ1) is 10.7. The van der Waals surface area contributed by atoms with Crippen LogP contribution < -0.4 is 14.8 Å². The number of nitrogens with one attached hydrogen (secondary N) is 1. The lowest BCUT2D eigenvalue weighted by atomic mass is 10.0. The zero-order valence-corrected chi connectivity index (χ0v) is 10.5. The highest BCUT2D eigenvalue weighted by atomic mass is 16.6. The van der Waals surface area contributed by atoms with Crippen molar-refractivity contribution in [2.24, 2.45) is 0 Å². The van der Waals surface area contributed by atoms with E-state index in [0.717, 1.165) is 30.4 Å². The van der Waals surface area contributed by atoms with E-state index in [1.807, 2.05) is 18.5 Å². The van der Waals surface area contributed by atoms with Crippen molar-refractivity contribution in [2.75, 3.05) is 25.1 Å². The van der Waals surface area contributed by atoms with Crippen LogP contribution in [-0.2, 0) is 0 Å². The number of rotatable bonds is 1. The molecular formula is C14H15N3O2. The van der Waals surface area contributed by atoms with Gasteiger partial charge in [0.15, 0.2) is 11.5 Å². The predicted molar refractivity (Wildman–Crippen MR) is 70.9 cm³/mol. The van der Waals surface area contributed by atoms with Crippen LogP contribution in [0.1, 0.15) is 18.0 Å². The number of ether oxygens (including phenoxy) is 2. The van der Waals surface area contributed by atoms with Gasteiger partial charge in [-0.05, 0) is 24.1 Å². The maximum absolute atomic E-state index is 5.66. The Bertz CT molecular complexity index is 608. The fourth-order valence-corrected chi connectivity index (χ4v) is 2.76. The van der Waals surface area contributed by atoms with Gasteiger partial charge < -0.3 is 19.4 Å². The summed E-state index contributed by atoms with van der Waals surface area (Å²) in [4.78, 5) is 4.32. The van der Waals surface area contributed by atoms with E-state index in [0.29, 0.717) is 19.3 Å². The molecule has 1 atom stereocenters. The molecule has 0 saturated heterocycles. The molecule has 0 saturated carbocycles. The molecule has 0 aliphatic carbocycles. The third-order valence-corrected chi connectivity index (χ3v) is 3.66. The molecule has 0 spiro atoms. The Kier molecular flexibility index (Phi) is 2.36. The van der Waals surface area contributed by atoms with E-state index < -0.39 is 0 Å². The topological polar surface area (TPSA) is 48.3 Å². The second-order valence-electron chi connectivity index (χ2n) is 4.79. The normalized spacial score (nSPS) is 20.5. The van der Waals surface area contributed by atoms with Gasteiger partial charge >= 0.3 is 0 Å². The Morgan fingerprint density at radius 1 is 1.21 bits per heavy atom. The first-order valence-electron chi connectivity index (χ1n) is 6.58. The van der Waals surface area contributed by atoms with E-state index in [2.05, 4.69) is 27.0 Å². The van der Waals surface area contributed by atoms with E-state index in [1.54, 1.807) is 0 Å². The summed E-state index contributed by atoms with van der Waals surface area (Å²) < 4.78 is 13.4. The lowest BCUT2D eigenvalue weighted by molar-refractivity contribution is 0.171. The Balaban J connectivity index is 1.74. The SMILES string of the molecule is c1cn2c(n1)NCCC2c1ccc2c(c1)OCCO2. The van der Waals surface area contributed by atoms with Crippen molar-refractivity contribution in [1.82, 2.24) is 9.55 Å². The highest BCUT2D eigenvalue weighted by Gasteiger charge is 2.23. The molecule has 3 heterocycles. The second kappa shape index (κ2) is 4.19. The maximum Gasteiger partial charge on any atom is 0.203 e. The van der Waals surface area contributed by atoms with Crippen LogP contribution in [0.4, 0.5) is 5.95 Å². The second-order valence-corrected chi connectivity index (χ2v) is 4.79. The summed E-state index contributed by atoms with van der Waals surface area (Å²) in [6.07, 6.45) is 4.89. The molecule has 5 nitrogen and oxygen atoms in total. The van der Waals surface area contributed by atoms with E-state index in [4.69, 9.17) is 9.47 Å². The molecule has 0 radical (unpaired) electrons. The molecular weight excluding hydrogens is 242 g/mol. The fraction of sp³-hybridized carbons (Fsp3) is 0.357. The summed E-state index contributed by atoms with van der Waals surface area (Å²) in [6.45, 7) is 2.19. The van der Waals surface area contributed by atoms with Gasteiger partial charge in [0.05, 0.1) is 6.04 Å². The summed E-state index contributed by atoms with van der Waals surface area (Å²) in [5, 5.41) is 3.30. The number of hydrogen-bond acceptors (Lipinski definition) is 4. The number of aromatic nitrogens is 2. The number of benzene rings is 1. The Morgan fingerprint density at radius 3 is 3.05 bits per heavy atom. The number of hydrogen-bond donors (Lipinski definition) is 1. The third kappa shape index (κ3) is 1.73. The van der Waals surface area contributed by atoms with Crippen LogP contribution in [0.3, 0.4) is 0 Å². The van der Waals surface area contributed by atoms with E-state index in [-0.39, 0.29) is 0 Å². The lowest BCUT2D eigenvalue weighted by Gasteiger charge is -2.27. The van der Waals surface area contributed by atoms with Crippen molar-refractivity contribution < 1.29 is 9.47 Å².